The Labute approximate surface area is 178 Å². The minimum Gasteiger partial charge on any atom is -0.469 e. The fourth-order valence-electron chi connectivity index (χ4n) is 3.82. The molecule has 1 heterocycles. The van der Waals surface area contributed by atoms with Gasteiger partial charge in [0.1, 0.15) is 5.60 Å². The van der Waals surface area contributed by atoms with E-state index in [-0.39, 0.29) is 17.8 Å². The van der Waals surface area contributed by atoms with Gasteiger partial charge in [-0.3, -0.25) is 15.0 Å². The lowest BCUT2D eigenvalue weighted by atomic mass is 9.89. The molecule has 3 rings (SSSR count). The second kappa shape index (κ2) is 9.30. The Hall–Kier alpha value is -2.86. The van der Waals surface area contributed by atoms with Gasteiger partial charge in [0.25, 0.3) is 0 Å². The standard InChI is InChI=1S/C24H30N2O4/c1-24(2,3)30-23(28)25-19-12-10-18(11-13-19)20-15-26(16-21(20)22(27)29-4)14-17-8-6-5-7-9-17/h5-13,20-21H,14-16H2,1-4H3,(H,25,28)/t20-,21-/m0/s1. The van der Waals surface area contributed by atoms with Crippen LogP contribution in [0.5, 0.6) is 0 Å². The molecule has 0 aliphatic carbocycles. The van der Waals surface area contributed by atoms with E-state index in [1.165, 1.54) is 12.7 Å². The van der Waals surface area contributed by atoms with Gasteiger partial charge >= 0.3 is 12.1 Å². The summed E-state index contributed by atoms with van der Waals surface area (Å²) in [4.78, 5) is 26.7. The summed E-state index contributed by atoms with van der Waals surface area (Å²) < 4.78 is 10.4. The fourth-order valence-corrected chi connectivity index (χ4v) is 3.82. The van der Waals surface area contributed by atoms with Crippen LogP contribution < -0.4 is 5.32 Å². The Bertz CT molecular complexity index is 859. The monoisotopic (exact) mass is 410 g/mol. The average molecular weight is 411 g/mol. The molecule has 0 spiro atoms. The van der Waals surface area contributed by atoms with Gasteiger partial charge in [-0.15, -0.1) is 0 Å². The highest BCUT2D eigenvalue weighted by molar-refractivity contribution is 5.84. The van der Waals surface area contributed by atoms with Crippen molar-refractivity contribution in [3.8, 4) is 0 Å². The zero-order valence-electron chi connectivity index (χ0n) is 18.1. The molecule has 1 aliphatic rings. The minimum atomic E-state index is -0.552. The van der Waals surface area contributed by atoms with Crippen molar-refractivity contribution in [2.45, 2.75) is 38.8 Å². The number of nitrogens with one attached hydrogen (secondary N) is 1. The topological polar surface area (TPSA) is 67.9 Å². The van der Waals surface area contributed by atoms with Crippen molar-refractivity contribution in [3.63, 3.8) is 0 Å². The number of carbonyl (C=O) groups excluding carboxylic acids is 2. The zero-order valence-corrected chi connectivity index (χ0v) is 18.1. The van der Waals surface area contributed by atoms with Crippen molar-refractivity contribution in [3.05, 3.63) is 65.7 Å². The lowest BCUT2D eigenvalue weighted by molar-refractivity contribution is -0.145. The lowest BCUT2D eigenvalue weighted by Crippen LogP contribution is -2.27. The quantitative estimate of drug-likeness (QED) is 0.739. The summed E-state index contributed by atoms with van der Waals surface area (Å²) in [6.07, 6.45) is -0.488. The Morgan fingerprint density at radius 3 is 2.30 bits per heavy atom. The van der Waals surface area contributed by atoms with Crippen LogP contribution in [0, 0.1) is 5.92 Å². The van der Waals surface area contributed by atoms with Gasteiger partial charge in [0, 0.05) is 31.2 Å². The van der Waals surface area contributed by atoms with Crippen LogP contribution in [0.3, 0.4) is 0 Å². The van der Waals surface area contributed by atoms with Gasteiger partial charge in [0.15, 0.2) is 0 Å². The molecular formula is C24H30N2O4. The predicted octanol–water partition coefficient (Wildman–Crippen LogP) is 4.42. The van der Waals surface area contributed by atoms with E-state index in [2.05, 4.69) is 22.3 Å². The Balaban J connectivity index is 1.70. The molecule has 1 fully saturated rings. The number of methoxy groups -OCH3 is 1. The van der Waals surface area contributed by atoms with Crippen LogP contribution >= 0.6 is 0 Å². The molecule has 0 saturated carbocycles. The highest BCUT2D eigenvalue weighted by Gasteiger charge is 2.39. The molecule has 0 aromatic heterocycles. The Kier molecular flexibility index (Phi) is 6.77. The summed E-state index contributed by atoms with van der Waals surface area (Å²) in [5.74, 6) is -0.369. The molecular weight excluding hydrogens is 380 g/mol. The van der Waals surface area contributed by atoms with E-state index in [9.17, 15) is 9.59 Å². The van der Waals surface area contributed by atoms with Crippen LogP contribution in [-0.2, 0) is 20.8 Å². The minimum absolute atomic E-state index is 0.0386. The zero-order chi connectivity index (χ0) is 21.7. The lowest BCUT2D eigenvalue weighted by Gasteiger charge is -2.20. The number of nitrogens with zero attached hydrogens (tertiary/aromatic N) is 1. The molecule has 2 aromatic carbocycles. The van der Waals surface area contributed by atoms with Crippen molar-refractivity contribution < 1.29 is 19.1 Å². The van der Waals surface area contributed by atoms with Crippen LogP contribution in [0.15, 0.2) is 54.6 Å². The van der Waals surface area contributed by atoms with Crippen molar-refractivity contribution in [2.75, 3.05) is 25.5 Å². The molecule has 6 nitrogen and oxygen atoms in total. The molecule has 2 aromatic rings. The van der Waals surface area contributed by atoms with Crippen molar-refractivity contribution in [2.24, 2.45) is 5.92 Å². The molecule has 6 heteroatoms. The fraction of sp³-hybridized carbons (Fsp3) is 0.417. The maximum atomic E-state index is 12.4. The molecule has 2 atom stereocenters. The van der Waals surface area contributed by atoms with Gasteiger partial charge in [-0.1, -0.05) is 42.5 Å². The molecule has 160 valence electrons. The molecule has 1 amide bonds. The van der Waals surface area contributed by atoms with E-state index in [0.717, 1.165) is 18.7 Å². The number of ether oxygens (including phenoxy) is 2. The number of hydrogen-bond acceptors (Lipinski definition) is 5. The third kappa shape index (κ3) is 5.83. The number of benzene rings is 2. The molecule has 1 saturated heterocycles. The van der Waals surface area contributed by atoms with Gasteiger partial charge in [0.05, 0.1) is 13.0 Å². The van der Waals surface area contributed by atoms with Crippen LogP contribution in [0.25, 0.3) is 0 Å². The SMILES string of the molecule is COC(=O)[C@H]1CN(Cc2ccccc2)C[C@H]1c1ccc(NC(=O)OC(C)(C)C)cc1. The first-order chi connectivity index (χ1) is 14.2. The molecule has 1 aliphatic heterocycles. The third-order valence-electron chi connectivity index (χ3n) is 5.13. The first kappa shape index (κ1) is 21.8. The molecule has 0 bridgehead atoms. The van der Waals surface area contributed by atoms with Crippen molar-refractivity contribution in [1.82, 2.24) is 4.90 Å². The number of likely N-dealkylation sites (tertiary alicyclic amines) is 1. The van der Waals surface area contributed by atoms with Crippen LogP contribution in [0.1, 0.15) is 37.8 Å². The number of amides is 1. The first-order valence-electron chi connectivity index (χ1n) is 10.2. The van der Waals surface area contributed by atoms with Crippen LogP contribution in [0.2, 0.25) is 0 Å². The number of anilines is 1. The molecule has 0 radical (unpaired) electrons. The highest BCUT2D eigenvalue weighted by Crippen LogP contribution is 2.35. The van der Waals surface area contributed by atoms with E-state index >= 15 is 0 Å². The van der Waals surface area contributed by atoms with E-state index in [1.807, 2.05) is 63.2 Å². The maximum absolute atomic E-state index is 12.4. The smallest absolute Gasteiger partial charge is 0.412 e. The van der Waals surface area contributed by atoms with Crippen LogP contribution in [-0.4, -0.2) is 42.8 Å². The Morgan fingerprint density at radius 2 is 1.70 bits per heavy atom. The van der Waals surface area contributed by atoms with Gasteiger partial charge in [0.2, 0.25) is 0 Å². The summed E-state index contributed by atoms with van der Waals surface area (Å²) in [5.41, 5.74) is 2.38. The summed E-state index contributed by atoms with van der Waals surface area (Å²) in [7, 11) is 1.44. The van der Waals surface area contributed by atoms with E-state index in [0.29, 0.717) is 12.2 Å². The van der Waals surface area contributed by atoms with Crippen molar-refractivity contribution >= 4 is 17.7 Å². The Morgan fingerprint density at radius 1 is 1.03 bits per heavy atom. The summed E-state index contributed by atoms with van der Waals surface area (Å²) in [5, 5.41) is 2.74. The second-order valence-corrected chi connectivity index (χ2v) is 8.66. The third-order valence-corrected chi connectivity index (χ3v) is 5.13. The van der Waals surface area contributed by atoms with Gasteiger partial charge < -0.3 is 9.47 Å². The summed E-state index contributed by atoms with van der Waals surface area (Å²) >= 11 is 0. The predicted molar refractivity (Wildman–Crippen MR) is 116 cm³/mol. The number of carbonyl (C=O) groups is 2. The number of esters is 1. The van der Waals surface area contributed by atoms with Crippen LogP contribution in [0.4, 0.5) is 10.5 Å². The highest BCUT2D eigenvalue weighted by atomic mass is 16.6. The summed E-state index contributed by atoms with van der Waals surface area (Å²) in [6.45, 7) is 7.69. The van der Waals surface area contributed by atoms with E-state index in [4.69, 9.17) is 9.47 Å². The maximum Gasteiger partial charge on any atom is 0.412 e. The van der Waals surface area contributed by atoms with E-state index < -0.39 is 11.7 Å². The molecule has 1 N–H and O–H groups in total. The molecule has 30 heavy (non-hydrogen) atoms. The van der Waals surface area contributed by atoms with E-state index in [1.54, 1.807) is 0 Å². The number of rotatable bonds is 5. The summed E-state index contributed by atoms with van der Waals surface area (Å²) in [6, 6.07) is 17.8. The van der Waals surface area contributed by atoms with Crippen molar-refractivity contribution in [1.29, 1.82) is 0 Å². The largest absolute Gasteiger partial charge is 0.469 e. The van der Waals surface area contributed by atoms with Gasteiger partial charge in [-0.2, -0.15) is 0 Å². The van der Waals surface area contributed by atoms with Gasteiger partial charge in [-0.25, -0.2) is 4.79 Å². The second-order valence-electron chi connectivity index (χ2n) is 8.66. The first-order valence-corrected chi connectivity index (χ1v) is 10.2. The molecule has 0 unspecified atom stereocenters. The van der Waals surface area contributed by atoms with Gasteiger partial charge in [-0.05, 0) is 44.0 Å². The average Bonchev–Trinajstić information content (AvgIpc) is 3.11. The number of hydrogen-bond donors (Lipinski definition) is 1. The normalized spacial score (nSPS) is 19.3.